The van der Waals surface area contributed by atoms with Crippen LogP contribution in [-0.2, 0) is 21.2 Å². The minimum Gasteiger partial charge on any atom is -0.481 e. The summed E-state index contributed by atoms with van der Waals surface area (Å²) < 4.78 is 27.8. The van der Waals surface area contributed by atoms with Gasteiger partial charge in [-0.05, 0) is 42.7 Å². The summed E-state index contributed by atoms with van der Waals surface area (Å²) in [6.07, 6.45) is 1.54. The van der Waals surface area contributed by atoms with Crippen molar-refractivity contribution < 1.29 is 18.3 Å². The van der Waals surface area contributed by atoms with Gasteiger partial charge in [-0.2, -0.15) is 0 Å². The van der Waals surface area contributed by atoms with E-state index in [2.05, 4.69) is 4.72 Å². The molecule has 2 N–H and O–H groups in total. The molecule has 0 fully saturated rings. The first-order valence-electron chi connectivity index (χ1n) is 7.78. The smallest absolute Gasteiger partial charge is 0.310 e. The molecule has 0 bridgehead atoms. The Morgan fingerprint density at radius 1 is 1.12 bits per heavy atom. The second-order valence-corrected chi connectivity index (χ2v) is 7.30. The topological polar surface area (TPSA) is 83.5 Å². The summed E-state index contributed by atoms with van der Waals surface area (Å²) in [5.74, 6) is -1.56. The van der Waals surface area contributed by atoms with Gasteiger partial charge < -0.3 is 5.11 Å². The van der Waals surface area contributed by atoms with Crippen LogP contribution in [0.25, 0.3) is 0 Å². The average molecular weight is 347 g/mol. The van der Waals surface area contributed by atoms with E-state index in [1.165, 1.54) is 0 Å². The van der Waals surface area contributed by atoms with E-state index in [1.807, 2.05) is 19.1 Å². The van der Waals surface area contributed by atoms with Gasteiger partial charge in [0.15, 0.2) is 0 Å². The maximum atomic E-state index is 12.6. The first-order valence-corrected chi connectivity index (χ1v) is 9.27. The molecular formula is C18H21NO4S. The van der Waals surface area contributed by atoms with Crippen molar-refractivity contribution >= 4 is 21.7 Å². The number of aryl methyl sites for hydroxylation is 1. The average Bonchev–Trinajstić information content (AvgIpc) is 2.55. The third-order valence-electron chi connectivity index (χ3n) is 3.81. The van der Waals surface area contributed by atoms with Crippen LogP contribution >= 0.6 is 0 Å². The summed E-state index contributed by atoms with van der Waals surface area (Å²) >= 11 is 0. The predicted molar refractivity (Wildman–Crippen MR) is 93.7 cm³/mol. The van der Waals surface area contributed by atoms with Gasteiger partial charge in [-0.15, -0.1) is 0 Å². The first-order chi connectivity index (χ1) is 11.3. The third-order valence-corrected chi connectivity index (χ3v) is 5.30. The number of rotatable bonds is 7. The Kier molecular flexibility index (Phi) is 5.62. The monoisotopic (exact) mass is 347 g/mol. The van der Waals surface area contributed by atoms with E-state index in [0.717, 1.165) is 12.0 Å². The second kappa shape index (κ2) is 7.49. The number of sulfonamides is 1. The predicted octanol–water partition coefficient (Wildman–Crippen LogP) is 3.63. The van der Waals surface area contributed by atoms with Crippen LogP contribution < -0.4 is 4.72 Å². The molecule has 0 saturated carbocycles. The van der Waals surface area contributed by atoms with Crippen molar-refractivity contribution in [3.05, 3.63) is 59.7 Å². The summed E-state index contributed by atoms with van der Waals surface area (Å²) in [6, 6.07) is 13.3. The SMILES string of the molecule is CCCc1ccccc1S(=O)(=O)Nc1ccc([C@@H](C)C(=O)O)cc1. The van der Waals surface area contributed by atoms with E-state index in [0.29, 0.717) is 17.7 Å². The van der Waals surface area contributed by atoms with Gasteiger partial charge in [0, 0.05) is 5.69 Å². The van der Waals surface area contributed by atoms with Crippen molar-refractivity contribution in [2.45, 2.75) is 37.5 Å². The largest absolute Gasteiger partial charge is 0.481 e. The number of carboxylic acid groups (broad SMARTS) is 1. The molecule has 6 heteroatoms. The standard InChI is InChI=1S/C18H21NO4S/c1-3-6-15-7-4-5-8-17(15)24(22,23)19-16-11-9-14(10-12-16)13(2)18(20)21/h4-5,7-13,19H,3,6H2,1-2H3,(H,20,21)/t13-/m1/s1. The molecule has 0 heterocycles. The Labute approximate surface area is 142 Å². The van der Waals surface area contributed by atoms with Crippen LogP contribution in [0.5, 0.6) is 0 Å². The Bertz CT molecular complexity index is 813. The summed E-state index contributed by atoms with van der Waals surface area (Å²) in [7, 11) is -3.68. The number of nitrogens with one attached hydrogen (secondary N) is 1. The van der Waals surface area contributed by atoms with Crippen LogP contribution in [0.4, 0.5) is 5.69 Å². The zero-order chi connectivity index (χ0) is 17.7. The third kappa shape index (κ3) is 4.14. The number of carbonyl (C=O) groups is 1. The molecule has 0 saturated heterocycles. The molecule has 0 aliphatic rings. The molecule has 2 rings (SSSR count). The summed E-state index contributed by atoms with van der Waals surface area (Å²) in [6.45, 7) is 3.58. The van der Waals surface area contributed by atoms with Crippen molar-refractivity contribution in [3.63, 3.8) is 0 Å². The van der Waals surface area contributed by atoms with Crippen molar-refractivity contribution in [1.29, 1.82) is 0 Å². The van der Waals surface area contributed by atoms with Crippen LogP contribution in [0, 0.1) is 0 Å². The molecule has 5 nitrogen and oxygen atoms in total. The van der Waals surface area contributed by atoms with Gasteiger partial charge in [-0.1, -0.05) is 43.7 Å². The van der Waals surface area contributed by atoms with Crippen LogP contribution in [0.3, 0.4) is 0 Å². The Hall–Kier alpha value is -2.34. The number of anilines is 1. The number of benzene rings is 2. The summed E-state index contributed by atoms with van der Waals surface area (Å²) in [4.78, 5) is 11.3. The maximum Gasteiger partial charge on any atom is 0.310 e. The van der Waals surface area contributed by atoms with Crippen LogP contribution in [-0.4, -0.2) is 19.5 Å². The van der Waals surface area contributed by atoms with Crippen LogP contribution in [0.1, 0.15) is 37.3 Å². The maximum absolute atomic E-state index is 12.6. The molecule has 0 amide bonds. The van der Waals surface area contributed by atoms with Gasteiger partial charge in [-0.3, -0.25) is 9.52 Å². The highest BCUT2D eigenvalue weighted by atomic mass is 32.2. The second-order valence-electron chi connectivity index (χ2n) is 5.65. The van der Waals surface area contributed by atoms with Gasteiger partial charge in [0.05, 0.1) is 10.8 Å². The lowest BCUT2D eigenvalue weighted by Crippen LogP contribution is -2.15. The molecular weight excluding hydrogens is 326 g/mol. The van der Waals surface area contributed by atoms with Gasteiger partial charge in [0.2, 0.25) is 0 Å². The molecule has 2 aromatic rings. The molecule has 128 valence electrons. The molecule has 0 unspecified atom stereocenters. The van der Waals surface area contributed by atoms with Gasteiger partial charge in [0.25, 0.3) is 10.0 Å². The quantitative estimate of drug-likeness (QED) is 0.801. The molecule has 0 aromatic heterocycles. The number of hydrogen-bond acceptors (Lipinski definition) is 3. The van der Waals surface area contributed by atoms with E-state index < -0.39 is 21.9 Å². The molecule has 0 spiro atoms. The normalized spacial score (nSPS) is 12.6. The first kappa shape index (κ1) is 18.0. The van der Waals surface area contributed by atoms with Crippen molar-refractivity contribution in [2.24, 2.45) is 0 Å². The minimum absolute atomic E-state index is 0.273. The Morgan fingerprint density at radius 3 is 2.33 bits per heavy atom. The Morgan fingerprint density at radius 2 is 1.75 bits per heavy atom. The number of carboxylic acids is 1. The van der Waals surface area contributed by atoms with Crippen molar-refractivity contribution in [2.75, 3.05) is 4.72 Å². The van der Waals surface area contributed by atoms with Crippen LogP contribution in [0.2, 0.25) is 0 Å². The zero-order valence-electron chi connectivity index (χ0n) is 13.7. The van der Waals surface area contributed by atoms with Gasteiger partial charge in [-0.25, -0.2) is 8.42 Å². The Balaban J connectivity index is 2.25. The highest BCUT2D eigenvalue weighted by Crippen LogP contribution is 2.23. The molecule has 0 radical (unpaired) electrons. The molecule has 0 aliphatic heterocycles. The van der Waals surface area contributed by atoms with E-state index in [9.17, 15) is 13.2 Å². The summed E-state index contributed by atoms with van der Waals surface area (Å²) in [5, 5.41) is 9.01. The molecule has 1 atom stereocenters. The van der Waals surface area contributed by atoms with E-state index in [4.69, 9.17) is 5.11 Å². The lowest BCUT2D eigenvalue weighted by Gasteiger charge is -2.13. The van der Waals surface area contributed by atoms with Gasteiger partial charge >= 0.3 is 5.97 Å². The van der Waals surface area contributed by atoms with E-state index in [-0.39, 0.29) is 4.90 Å². The fourth-order valence-corrected chi connectivity index (χ4v) is 3.76. The number of hydrogen-bond donors (Lipinski definition) is 2. The molecule has 2 aromatic carbocycles. The van der Waals surface area contributed by atoms with E-state index in [1.54, 1.807) is 43.3 Å². The highest BCUT2D eigenvalue weighted by Gasteiger charge is 2.18. The molecule has 24 heavy (non-hydrogen) atoms. The zero-order valence-corrected chi connectivity index (χ0v) is 14.5. The fraction of sp³-hybridized carbons (Fsp3) is 0.278. The fourth-order valence-electron chi connectivity index (χ4n) is 2.43. The number of aliphatic carboxylic acids is 1. The lowest BCUT2D eigenvalue weighted by molar-refractivity contribution is -0.138. The van der Waals surface area contributed by atoms with E-state index >= 15 is 0 Å². The summed E-state index contributed by atoms with van der Waals surface area (Å²) in [5.41, 5.74) is 1.81. The van der Waals surface area contributed by atoms with Gasteiger partial charge in [0.1, 0.15) is 0 Å². The van der Waals surface area contributed by atoms with Crippen molar-refractivity contribution in [3.8, 4) is 0 Å². The van der Waals surface area contributed by atoms with Crippen LogP contribution in [0.15, 0.2) is 53.4 Å². The molecule has 0 aliphatic carbocycles. The minimum atomic E-state index is -3.68. The lowest BCUT2D eigenvalue weighted by atomic mass is 10.0. The highest BCUT2D eigenvalue weighted by molar-refractivity contribution is 7.92. The van der Waals surface area contributed by atoms with Crippen molar-refractivity contribution in [1.82, 2.24) is 0 Å².